The molecule has 1 aliphatic rings. The van der Waals surface area contributed by atoms with Crippen LogP contribution >= 0.6 is 11.3 Å². The highest BCUT2D eigenvalue weighted by Crippen LogP contribution is 2.28. The van der Waals surface area contributed by atoms with Crippen LogP contribution in [0.5, 0.6) is 0 Å². The number of methoxy groups -OCH3 is 1. The van der Waals surface area contributed by atoms with Crippen molar-refractivity contribution in [1.29, 1.82) is 0 Å². The molecular formula is C20H23N5O2S. The number of rotatable bonds is 6. The summed E-state index contributed by atoms with van der Waals surface area (Å²) < 4.78 is 6.22. The van der Waals surface area contributed by atoms with Crippen LogP contribution < -0.4 is 5.32 Å². The monoisotopic (exact) mass is 397 g/mol. The molecule has 0 saturated carbocycles. The summed E-state index contributed by atoms with van der Waals surface area (Å²) in [6.07, 6.45) is 5.39. The average molecular weight is 398 g/mol. The molecule has 1 fully saturated rings. The smallest absolute Gasteiger partial charge is 0.274 e. The van der Waals surface area contributed by atoms with Gasteiger partial charge in [-0.1, -0.05) is 13.0 Å². The van der Waals surface area contributed by atoms with E-state index in [0.29, 0.717) is 24.7 Å². The van der Waals surface area contributed by atoms with Crippen molar-refractivity contribution in [3.8, 4) is 0 Å². The number of ether oxygens (including phenoxy) is 1. The molecule has 2 atom stereocenters. The molecule has 0 aromatic carbocycles. The fourth-order valence-electron chi connectivity index (χ4n) is 3.49. The topological polar surface area (TPSA) is 80.2 Å². The fraction of sp³-hybridized carbons (Fsp3) is 0.400. The van der Waals surface area contributed by atoms with Crippen LogP contribution in [0.25, 0.3) is 10.2 Å². The molecule has 1 saturated heterocycles. The van der Waals surface area contributed by atoms with Crippen molar-refractivity contribution in [2.45, 2.75) is 31.9 Å². The Morgan fingerprint density at radius 2 is 2.32 bits per heavy atom. The van der Waals surface area contributed by atoms with Crippen molar-refractivity contribution in [3.63, 3.8) is 0 Å². The number of nitrogens with one attached hydrogen (secondary N) is 1. The van der Waals surface area contributed by atoms with E-state index in [-0.39, 0.29) is 18.1 Å². The Hall–Kier alpha value is -2.58. The lowest BCUT2D eigenvalue weighted by Crippen LogP contribution is -2.31. The predicted molar refractivity (Wildman–Crippen MR) is 110 cm³/mol. The van der Waals surface area contributed by atoms with Crippen molar-refractivity contribution in [2.75, 3.05) is 25.5 Å². The first-order valence-electron chi connectivity index (χ1n) is 9.43. The van der Waals surface area contributed by atoms with Crippen molar-refractivity contribution < 1.29 is 9.53 Å². The Morgan fingerprint density at radius 3 is 3.04 bits per heavy atom. The third-order valence-corrected chi connectivity index (χ3v) is 5.98. The van der Waals surface area contributed by atoms with Crippen molar-refractivity contribution in [1.82, 2.24) is 19.9 Å². The van der Waals surface area contributed by atoms with Gasteiger partial charge in [-0.3, -0.25) is 9.78 Å². The van der Waals surface area contributed by atoms with Gasteiger partial charge in [0.15, 0.2) is 5.69 Å². The summed E-state index contributed by atoms with van der Waals surface area (Å²) in [5, 5.41) is 5.32. The van der Waals surface area contributed by atoms with Crippen LogP contribution in [-0.2, 0) is 4.74 Å². The maximum absolute atomic E-state index is 13.1. The molecule has 4 heterocycles. The maximum Gasteiger partial charge on any atom is 0.274 e. The van der Waals surface area contributed by atoms with E-state index in [1.165, 1.54) is 11.3 Å². The Morgan fingerprint density at radius 1 is 1.43 bits per heavy atom. The second-order valence-corrected chi connectivity index (χ2v) is 7.74. The van der Waals surface area contributed by atoms with E-state index in [0.717, 1.165) is 28.6 Å². The van der Waals surface area contributed by atoms with Crippen LogP contribution in [0, 0.1) is 0 Å². The summed E-state index contributed by atoms with van der Waals surface area (Å²) >= 11 is 1.50. The predicted octanol–water partition coefficient (Wildman–Crippen LogP) is 3.51. The molecule has 8 heteroatoms. The summed E-state index contributed by atoms with van der Waals surface area (Å²) in [7, 11) is 1.69. The number of carbonyl (C=O) groups is 1. The van der Waals surface area contributed by atoms with Crippen molar-refractivity contribution in [3.05, 3.63) is 47.2 Å². The molecule has 28 heavy (non-hydrogen) atoms. The molecule has 0 bridgehead atoms. The minimum atomic E-state index is -0.0631. The largest absolute Gasteiger partial charge is 0.380 e. The number of carbonyl (C=O) groups excluding carboxylic acids is 1. The normalized spacial score (nSPS) is 17.8. The lowest BCUT2D eigenvalue weighted by Gasteiger charge is -2.19. The van der Waals surface area contributed by atoms with Gasteiger partial charge < -0.3 is 15.0 Å². The number of pyridine rings is 1. The van der Waals surface area contributed by atoms with E-state index >= 15 is 0 Å². The highest BCUT2D eigenvalue weighted by molar-refractivity contribution is 7.17. The minimum absolute atomic E-state index is 0.0254. The summed E-state index contributed by atoms with van der Waals surface area (Å²) in [6, 6.07) is 5.89. The van der Waals surface area contributed by atoms with Crippen LogP contribution in [0.2, 0.25) is 0 Å². The molecule has 0 aliphatic carbocycles. The first kappa shape index (κ1) is 18.8. The summed E-state index contributed by atoms with van der Waals surface area (Å²) in [4.78, 5) is 28.4. The van der Waals surface area contributed by atoms with E-state index in [4.69, 9.17) is 4.74 Å². The summed E-state index contributed by atoms with van der Waals surface area (Å²) in [6.45, 7) is 3.38. The number of thiophene rings is 1. The highest BCUT2D eigenvalue weighted by Gasteiger charge is 2.29. The van der Waals surface area contributed by atoms with Crippen LogP contribution in [-0.4, -0.2) is 52.1 Å². The minimum Gasteiger partial charge on any atom is -0.380 e. The second-order valence-electron chi connectivity index (χ2n) is 6.82. The fourth-order valence-corrected chi connectivity index (χ4v) is 4.30. The van der Waals surface area contributed by atoms with Gasteiger partial charge in [0.2, 0.25) is 5.95 Å². The number of nitrogens with zero attached hydrogens (tertiary/aromatic N) is 4. The molecule has 7 nitrogen and oxygen atoms in total. The first-order chi connectivity index (χ1) is 13.7. The zero-order valence-electron chi connectivity index (χ0n) is 16.0. The number of likely N-dealkylation sites (tertiary alicyclic amines) is 1. The number of hydrogen-bond donors (Lipinski definition) is 1. The van der Waals surface area contributed by atoms with Crippen molar-refractivity contribution in [2.24, 2.45) is 0 Å². The summed E-state index contributed by atoms with van der Waals surface area (Å²) in [5.74, 6) is 0.402. The van der Waals surface area contributed by atoms with E-state index in [2.05, 4.69) is 27.2 Å². The number of fused-ring (bicyclic) bond motifs is 1. The molecule has 1 N–H and O–H groups in total. The van der Waals surface area contributed by atoms with Crippen LogP contribution in [0.1, 0.15) is 41.9 Å². The average Bonchev–Trinajstić information content (AvgIpc) is 3.40. The summed E-state index contributed by atoms with van der Waals surface area (Å²) in [5.41, 5.74) is 2.31. The van der Waals surface area contributed by atoms with Gasteiger partial charge in [0, 0.05) is 32.6 Å². The van der Waals surface area contributed by atoms with Gasteiger partial charge in [0.05, 0.1) is 22.4 Å². The molecule has 3 aromatic heterocycles. The molecule has 1 amide bonds. The Labute approximate surface area is 167 Å². The van der Waals surface area contributed by atoms with Crippen LogP contribution in [0.3, 0.4) is 0 Å². The van der Waals surface area contributed by atoms with Gasteiger partial charge in [0.1, 0.15) is 0 Å². The first-order valence-corrected chi connectivity index (χ1v) is 10.3. The number of amides is 1. The highest BCUT2D eigenvalue weighted by atomic mass is 32.1. The van der Waals surface area contributed by atoms with E-state index < -0.39 is 0 Å². The molecule has 0 spiro atoms. The molecule has 3 aromatic rings. The van der Waals surface area contributed by atoms with Gasteiger partial charge in [0.25, 0.3) is 5.91 Å². The van der Waals surface area contributed by atoms with Gasteiger partial charge in [-0.25, -0.2) is 9.97 Å². The van der Waals surface area contributed by atoms with Gasteiger partial charge in [-0.2, -0.15) is 0 Å². The Bertz CT molecular complexity index is 962. The molecular weight excluding hydrogens is 374 g/mol. The zero-order chi connectivity index (χ0) is 19.5. The van der Waals surface area contributed by atoms with Gasteiger partial charge in [-0.05, 0) is 35.9 Å². The van der Waals surface area contributed by atoms with Gasteiger partial charge >= 0.3 is 0 Å². The van der Waals surface area contributed by atoms with E-state index in [1.54, 1.807) is 13.3 Å². The van der Waals surface area contributed by atoms with Gasteiger partial charge in [-0.15, -0.1) is 11.3 Å². The number of hydrogen-bond acceptors (Lipinski definition) is 7. The molecule has 0 radical (unpaired) electrons. The molecule has 146 valence electrons. The van der Waals surface area contributed by atoms with E-state index in [1.807, 2.05) is 34.7 Å². The molecule has 1 aliphatic heterocycles. The third-order valence-electron chi connectivity index (χ3n) is 5.07. The van der Waals surface area contributed by atoms with Crippen molar-refractivity contribution >= 4 is 33.4 Å². The SMILES string of the molecule is CCC(Nc1nc(C(=O)N2CCC(OC)C2)c2sccc2n1)c1cccnc1. The quantitative estimate of drug-likeness (QED) is 0.686. The lowest BCUT2D eigenvalue weighted by atomic mass is 10.1. The Balaban J connectivity index is 1.64. The molecule has 4 rings (SSSR count). The number of aromatic nitrogens is 3. The maximum atomic E-state index is 13.1. The number of anilines is 1. The second kappa shape index (κ2) is 8.20. The standard InChI is InChI=1S/C20H23N5O2S/c1-3-15(13-5-4-8-21-11-13)22-20-23-16-7-10-28-18(16)17(24-20)19(26)25-9-6-14(12-25)27-2/h4-5,7-8,10-11,14-15H,3,6,9,12H2,1-2H3,(H,22,23,24). The third kappa shape index (κ3) is 3.70. The lowest BCUT2D eigenvalue weighted by molar-refractivity contribution is 0.0721. The zero-order valence-corrected chi connectivity index (χ0v) is 16.8. The van der Waals surface area contributed by atoms with Crippen LogP contribution in [0.4, 0.5) is 5.95 Å². The van der Waals surface area contributed by atoms with E-state index in [9.17, 15) is 4.79 Å². The Kier molecular flexibility index (Phi) is 5.50. The van der Waals surface area contributed by atoms with Crippen LogP contribution in [0.15, 0.2) is 36.0 Å². The molecule has 2 unspecified atom stereocenters.